The molecule has 4 N–H and O–H groups in total. The van der Waals surface area contributed by atoms with Gasteiger partial charge in [0.2, 0.25) is 11.8 Å². The Kier molecular flexibility index (Phi) is 29.2. The number of hydrogen-bond acceptors (Lipinski definition) is 26. The van der Waals surface area contributed by atoms with E-state index in [2.05, 4.69) is 90.3 Å². The predicted octanol–water partition coefficient (Wildman–Crippen LogP) is 12.4. The zero-order chi connectivity index (χ0) is 89.1. The largest absolute Gasteiger partial charge is 0.492 e. The molecular formula is C95H104F3N25O6. The number of pyridine rings is 3. The van der Waals surface area contributed by atoms with Crippen molar-refractivity contribution in [3.8, 4) is 103 Å². The average Bonchev–Trinajstić information content (AvgIpc) is 1.75. The van der Waals surface area contributed by atoms with Crippen molar-refractivity contribution in [2.24, 2.45) is 0 Å². The number of amides is 2. The average molecular weight is 1750 g/mol. The number of rotatable bonds is 27. The summed E-state index contributed by atoms with van der Waals surface area (Å²) in [6, 6.07) is 44.1. The van der Waals surface area contributed by atoms with E-state index in [1.165, 1.54) is 25.7 Å². The number of benzene rings is 3. The number of aldehydes is 1. The van der Waals surface area contributed by atoms with Crippen LogP contribution < -0.4 is 35.5 Å². The van der Waals surface area contributed by atoms with Crippen molar-refractivity contribution in [3.63, 3.8) is 0 Å². The maximum atomic E-state index is 16.2. The van der Waals surface area contributed by atoms with Crippen molar-refractivity contribution in [1.29, 1.82) is 15.8 Å². The fraction of sp³-hybridized carbons (Fsp3) is 0.400. The lowest BCUT2D eigenvalue weighted by Crippen LogP contribution is -2.47. The molecule has 0 bridgehead atoms. The summed E-state index contributed by atoms with van der Waals surface area (Å²) >= 11 is 0. The Hall–Kier alpha value is -13.6. The number of halogens is 3. The van der Waals surface area contributed by atoms with Crippen LogP contribution in [0.25, 0.3) is 84.5 Å². The quantitative estimate of drug-likeness (QED) is 0.0347. The summed E-state index contributed by atoms with van der Waals surface area (Å²) < 4.78 is 71.8. The van der Waals surface area contributed by atoms with Crippen LogP contribution in [-0.2, 0) is 14.4 Å². The third-order valence-corrected chi connectivity index (χ3v) is 24.5. The molecule has 4 atom stereocenters. The second-order valence-corrected chi connectivity index (χ2v) is 33.4. The molecule has 34 heteroatoms. The Morgan fingerprint density at radius 3 is 1.28 bits per heavy atom. The van der Waals surface area contributed by atoms with E-state index in [0.29, 0.717) is 121 Å². The molecule has 0 radical (unpaired) electrons. The highest BCUT2D eigenvalue weighted by Gasteiger charge is 2.33. The number of hydrogen-bond donors (Lipinski definition) is 4. The third-order valence-electron chi connectivity index (χ3n) is 24.5. The molecule has 18 rings (SSSR count). The monoisotopic (exact) mass is 1750 g/mol. The molecule has 2 amide bonds. The molecule has 6 fully saturated rings. The summed E-state index contributed by atoms with van der Waals surface area (Å²) in [6.07, 6.45) is 22.2. The van der Waals surface area contributed by atoms with E-state index in [1.807, 2.05) is 169 Å². The van der Waals surface area contributed by atoms with Gasteiger partial charge in [-0.15, -0.1) is 0 Å². The van der Waals surface area contributed by atoms with Gasteiger partial charge in [-0.1, -0.05) is 18.2 Å². The summed E-state index contributed by atoms with van der Waals surface area (Å²) in [7, 11) is 4.29. The molecule has 15 heterocycles. The van der Waals surface area contributed by atoms with Gasteiger partial charge in [-0.25, -0.2) is 56.6 Å². The number of fused-ring (bicyclic) bond motifs is 3. The number of aromatic nitrogens is 12. The first-order chi connectivity index (χ1) is 63.1. The lowest BCUT2D eigenvalue weighted by molar-refractivity contribution is -0.131. The Morgan fingerprint density at radius 1 is 0.488 bits per heavy atom. The van der Waals surface area contributed by atoms with Crippen molar-refractivity contribution in [2.45, 2.75) is 126 Å². The lowest BCUT2D eigenvalue weighted by atomic mass is 10.0. The van der Waals surface area contributed by atoms with Crippen molar-refractivity contribution < 1.29 is 41.8 Å². The van der Waals surface area contributed by atoms with E-state index < -0.39 is 23.5 Å². The Balaban J connectivity index is 0.000000142. The standard InChI is InChI=1S/C34H40FN9O2.C31H33FN8O2.C30H31FN8O2/c1-41(2)26-13-18-42(19-14-26)20-21-46-27-10-8-24(9-11-27)32-31(35)34(38-25-6-5-16-43(23-25)30(45)12-15-36)40-33(39-32)28-22-37-44-17-4-3-7-29(28)44;32-28-29(22-8-10-25(11-9-22)42-17-16-38-12-3-4-13-38)36-30(26-19-34-40-15-2-1-7-27(26)40)37-31(28)35-23-6-5-14-39(20-23)24(18-33)21-41;31-27-28(20-6-8-22(9-7-20)41-23-11-14-33-15-12-23)36-29(24-18-34-39-17-2-1-5-25(24)39)37-30(27)35-21-4-3-16-38(19-21)26(40)10-13-32/h3-4,7-11,17,22,25-26H,5-6,12-14,16,18-21,23H2,1-2H3,(H,38,39,40);1-2,7-11,15,19,21,23-24H,3-6,12-14,16-17,20H2,(H,35,36,37);1-2,5-9,17-18,21,23,33H,3-4,10-12,14-16,19H2,(H,35,36,37)/t25-;23-,24?;21-/m111/s1. The van der Waals surface area contributed by atoms with E-state index in [9.17, 15) is 19.6 Å². The summed E-state index contributed by atoms with van der Waals surface area (Å²) in [5, 5.41) is 53.6. The van der Waals surface area contributed by atoms with E-state index in [-0.39, 0.29) is 83.4 Å². The molecule has 6 aliphatic heterocycles. The summed E-state index contributed by atoms with van der Waals surface area (Å²) in [4.78, 5) is 76.3. The molecule has 31 nitrogen and oxygen atoms in total. The molecule has 12 aromatic rings. The number of ether oxygens (including phenoxy) is 3. The fourth-order valence-electron chi connectivity index (χ4n) is 17.5. The molecule has 0 spiro atoms. The second kappa shape index (κ2) is 42.4. The first-order valence-electron chi connectivity index (χ1n) is 44.4. The van der Waals surface area contributed by atoms with Crippen LogP contribution in [0.3, 0.4) is 0 Å². The first-order valence-corrected chi connectivity index (χ1v) is 44.4. The minimum Gasteiger partial charge on any atom is -0.492 e. The number of likely N-dealkylation sites (tertiary alicyclic amines) is 5. The van der Waals surface area contributed by atoms with Crippen LogP contribution in [0.1, 0.15) is 89.9 Å². The number of nitrogens with one attached hydrogen (secondary N) is 4. The molecule has 0 aliphatic carbocycles. The number of nitriles is 3. The van der Waals surface area contributed by atoms with Gasteiger partial charge in [0.1, 0.15) is 66.5 Å². The number of nitrogens with zero attached hydrogens (tertiary/aromatic N) is 21. The SMILES string of the molecule is CN(C)C1CCN(CCOc2ccc(-c3nc(-c4cnn5ccccc45)nc(N[C@@H]4CCCN(C(=O)CC#N)C4)c3F)cc2)CC1.N#CC(C=O)N1CCC[C@@H](Nc2nc(-c3cnn4ccccc34)nc(-c3ccc(OCCN4CCCC4)cc3)c2F)C1.N#CCC(=O)N1CCC[C@@H](Nc2nc(-c3cnn4ccccc34)nc(-c3ccc(OC4CCNCC4)cc3)c2F)C1. The maximum Gasteiger partial charge on any atom is 0.236 e. The highest BCUT2D eigenvalue weighted by molar-refractivity contribution is 5.83. The molecule has 0 saturated carbocycles. The minimum atomic E-state index is -0.828. The van der Waals surface area contributed by atoms with Gasteiger partial charge in [0, 0.05) is 105 Å². The van der Waals surface area contributed by atoms with Crippen molar-refractivity contribution in [3.05, 3.63) is 182 Å². The number of carbonyl (C=O) groups is 3. The fourth-order valence-corrected chi connectivity index (χ4v) is 17.5. The number of carbonyl (C=O) groups excluding carboxylic acids is 3. The van der Waals surface area contributed by atoms with Crippen LogP contribution >= 0.6 is 0 Å². The third kappa shape index (κ3) is 21.8. The van der Waals surface area contributed by atoms with Gasteiger partial charge in [0.25, 0.3) is 0 Å². The summed E-state index contributed by atoms with van der Waals surface area (Å²) in [6.45, 7) is 12.1. The molecule has 9 aromatic heterocycles. The molecule has 1 unspecified atom stereocenters. The van der Waals surface area contributed by atoms with Crippen molar-refractivity contribution >= 4 is 52.1 Å². The van der Waals surface area contributed by atoms with Gasteiger partial charge in [0.05, 0.1) is 70.0 Å². The highest BCUT2D eigenvalue weighted by atomic mass is 19.1. The van der Waals surface area contributed by atoms with Crippen LogP contribution in [0.15, 0.2) is 165 Å². The Bertz CT molecular complexity index is 6000. The lowest BCUT2D eigenvalue weighted by Gasteiger charge is -2.35. The second-order valence-electron chi connectivity index (χ2n) is 33.4. The van der Waals surface area contributed by atoms with E-state index >= 15 is 13.2 Å². The van der Waals surface area contributed by atoms with Crippen LogP contribution in [0.4, 0.5) is 30.6 Å². The zero-order valence-corrected chi connectivity index (χ0v) is 72.3. The van der Waals surface area contributed by atoms with Gasteiger partial charge in [0.15, 0.2) is 64.7 Å². The molecule has 3 aromatic carbocycles. The highest BCUT2D eigenvalue weighted by Crippen LogP contribution is 2.38. The van der Waals surface area contributed by atoms with Gasteiger partial charge < -0.3 is 55.0 Å². The summed E-state index contributed by atoms with van der Waals surface area (Å²) in [5.41, 5.74) is 6.69. The first kappa shape index (κ1) is 88.9. The molecule has 6 saturated heterocycles. The molecule has 666 valence electrons. The smallest absolute Gasteiger partial charge is 0.236 e. The van der Waals surface area contributed by atoms with Crippen molar-refractivity contribution in [1.82, 2.24) is 93.5 Å². The van der Waals surface area contributed by atoms with Crippen LogP contribution in [0.5, 0.6) is 17.2 Å². The van der Waals surface area contributed by atoms with E-state index in [4.69, 9.17) is 29.7 Å². The van der Waals surface area contributed by atoms with E-state index in [0.717, 1.165) is 132 Å². The zero-order valence-electron chi connectivity index (χ0n) is 72.3. The minimum absolute atomic E-state index is 0.0632. The van der Waals surface area contributed by atoms with Crippen LogP contribution in [-0.4, -0.2) is 261 Å². The van der Waals surface area contributed by atoms with Gasteiger partial charge >= 0.3 is 0 Å². The number of piperidine rings is 5. The van der Waals surface area contributed by atoms with Crippen LogP contribution in [0, 0.1) is 51.4 Å². The summed E-state index contributed by atoms with van der Waals surface area (Å²) in [5.74, 6) is 1.24. The van der Waals surface area contributed by atoms with Gasteiger partial charge in [-0.05, 0) is 246 Å². The van der Waals surface area contributed by atoms with Crippen molar-refractivity contribution in [2.75, 3.05) is 135 Å². The van der Waals surface area contributed by atoms with Crippen LogP contribution in [0.2, 0.25) is 0 Å². The normalized spacial score (nSPS) is 18.0. The Labute approximate surface area is 745 Å². The Morgan fingerprint density at radius 2 is 0.884 bits per heavy atom. The number of anilines is 3. The van der Waals surface area contributed by atoms with E-state index in [1.54, 1.807) is 41.9 Å². The topological polar surface area (TPSA) is 347 Å². The predicted molar refractivity (Wildman–Crippen MR) is 482 cm³/mol. The van der Waals surface area contributed by atoms with Gasteiger partial charge in [-0.2, -0.15) is 31.1 Å². The molecule has 129 heavy (non-hydrogen) atoms. The van der Waals surface area contributed by atoms with Gasteiger partial charge in [-0.3, -0.25) is 24.3 Å². The molecular weight excluding hydrogens is 1640 g/mol. The maximum absolute atomic E-state index is 16.2. The molecule has 6 aliphatic rings.